The van der Waals surface area contributed by atoms with Crippen LogP contribution in [-0.4, -0.2) is 15.8 Å². The van der Waals surface area contributed by atoms with E-state index in [2.05, 4.69) is 4.98 Å². The van der Waals surface area contributed by atoms with Crippen LogP contribution < -0.4 is 0 Å². The smallest absolute Gasteiger partial charge is 0.185 e. The molecule has 0 aromatic carbocycles. The fourth-order valence-electron chi connectivity index (χ4n) is 1.91. The highest BCUT2D eigenvalue weighted by Gasteiger charge is 2.18. The number of aromatic nitrogens is 2. The van der Waals surface area contributed by atoms with Crippen molar-refractivity contribution in [3.8, 4) is 0 Å². The van der Waals surface area contributed by atoms with E-state index in [9.17, 15) is 4.79 Å². The third-order valence-electron chi connectivity index (χ3n) is 2.52. The molecule has 0 unspecified atom stereocenters. The molecular formula is C9H12N2O. The first-order valence-corrected chi connectivity index (χ1v) is 4.40. The second kappa shape index (κ2) is 3.09. The lowest BCUT2D eigenvalue weighted by Crippen LogP contribution is -2.07. The first kappa shape index (κ1) is 7.53. The van der Waals surface area contributed by atoms with Crippen molar-refractivity contribution in [2.24, 2.45) is 0 Å². The van der Waals surface area contributed by atoms with Gasteiger partial charge in [-0.1, -0.05) is 12.8 Å². The van der Waals surface area contributed by atoms with Crippen molar-refractivity contribution >= 4 is 6.29 Å². The molecule has 0 spiro atoms. The van der Waals surface area contributed by atoms with Gasteiger partial charge in [-0.3, -0.25) is 4.79 Å². The molecule has 1 heterocycles. The summed E-state index contributed by atoms with van der Waals surface area (Å²) in [5, 5.41) is 0. The summed E-state index contributed by atoms with van der Waals surface area (Å²) in [5.41, 5.74) is 0. The van der Waals surface area contributed by atoms with Gasteiger partial charge in [0.1, 0.15) is 0 Å². The lowest BCUT2D eigenvalue weighted by Gasteiger charge is -2.11. The van der Waals surface area contributed by atoms with E-state index in [1.54, 1.807) is 6.20 Å². The predicted molar refractivity (Wildman–Crippen MR) is 45.1 cm³/mol. The lowest BCUT2D eigenvalue weighted by molar-refractivity contribution is 0.110. The summed E-state index contributed by atoms with van der Waals surface area (Å²) in [6.45, 7) is 0. The van der Waals surface area contributed by atoms with Crippen LogP contribution in [0.2, 0.25) is 0 Å². The van der Waals surface area contributed by atoms with Gasteiger partial charge in [0.2, 0.25) is 0 Å². The van der Waals surface area contributed by atoms with E-state index in [0.717, 1.165) is 6.29 Å². The van der Waals surface area contributed by atoms with E-state index in [4.69, 9.17) is 0 Å². The van der Waals surface area contributed by atoms with Crippen LogP contribution in [0.3, 0.4) is 0 Å². The topological polar surface area (TPSA) is 34.9 Å². The Morgan fingerprint density at radius 1 is 1.50 bits per heavy atom. The standard InChI is InChI=1S/C9H12N2O/c12-7-9-10-5-6-11(9)8-3-1-2-4-8/h5-8H,1-4H2. The Morgan fingerprint density at radius 3 is 2.92 bits per heavy atom. The summed E-state index contributed by atoms with van der Waals surface area (Å²) in [6.07, 6.45) is 9.37. The van der Waals surface area contributed by atoms with Gasteiger partial charge < -0.3 is 4.57 Å². The Kier molecular flexibility index (Phi) is 1.94. The quantitative estimate of drug-likeness (QED) is 0.625. The van der Waals surface area contributed by atoms with Crippen LogP contribution in [0.4, 0.5) is 0 Å². The molecule has 0 saturated heterocycles. The Hall–Kier alpha value is -1.12. The SMILES string of the molecule is O=Cc1nccn1C1CCCC1. The van der Waals surface area contributed by atoms with Crippen molar-refractivity contribution in [3.05, 3.63) is 18.2 Å². The van der Waals surface area contributed by atoms with E-state index in [1.807, 2.05) is 10.8 Å². The van der Waals surface area contributed by atoms with Gasteiger partial charge in [-0.25, -0.2) is 4.98 Å². The second-order valence-electron chi connectivity index (χ2n) is 3.25. The number of carbonyl (C=O) groups excluding carboxylic acids is 1. The molecule has 1 aliphatic carbocycles. The molecule has 1 saturated carbocycles. The highest BCUT2D eigenvalue weighted by molar-refractivity contribution is 5.69. The molecule has 2 rings (SSSR count). The summed E-state index contributed by atoms with van der Waals surface area (Å²) >= 11 is 0. The fourth-order valence-corrected chi connectivity index (χ4v) is 1.91. The third-order valence-corrected chi connectivity index (χ3v) is 2.52. The van der Waals surface area contributed by atoms with Gasteiger partial charge in [-0.2, -0.15) is 0 Å². The zero-order chi connectivity index (χ0) is 8.39. The van der Waals surface area contributed by atoms with Crippen LogP contribution in [0.5, 0.6) is 0 Å². The highest BCUT2D eigenvalue weighted by Crippen LogP contribution is 2.29. The van der Waals surface area contributed by atoms with E-state index < -0.39 is 0 Å². The number of carbonyl (C=O) groups is 1. The van der Waals surface area contributed by atoms with Gasteiger partial charge in [0.05, 0.1) is 0 Å². The van der Waals surface area contributed by atoms with Crippen LogP contribution in [0.15, 0.2) is 12.4 Å². The number of aldehydes is 1. The number of hydrogen-bond acceptors (Lipinski definition) is 2. The molecule has 12 heavy (non-hydrogen) atoms. The molecule has 1 aromatic heterocycles. The Morgan fingerprint density at radius 2 is 2.25 bits per heavy atom. The van der Waals surface area contributed by atoms with Crippen LogP contribution in [-0.2, 0) is 0 Å². The van der Waals surface area contributed by atoms with Crippen LogP contribution in [0.1, 0.15) is 42.3 Å². The monoisotopic (exact) mass is 164 g/mol. The Labute approximate surface area is 71.4 Å². The predicted octanol–water partition coefficient (Wildman–Crippen LogP) is 1.81. The molecule has 0 N–H and O–H groups in total. The molecule has 1 aliphatic rings. The third kappa shape index (κ3) is 1.15. The van der Waals surface area contributed by atoms with Crippen LogP contribution >= 0.6 is 0 Å². The van der Waals surface area contributed by atoms with Gasteiger partial charge in [-0.05, 0) is 12.8 Å². The molecule has 0 aliphatic heterocycles. The number of hydrogen-bond donors (Lipinski definition) is 0. The average molecular weight is 164 g/mol. The number of imidazole rings is 1. The normalized spacial score (nSPS) is 18.3. The minimum absolute atomic E-state index is 0.521. The highest BCUT2D eigenvalue weighted by atomic mass is 16.1. The molecule has 1 aromatic rings. The van der Waals surface area contributed by atoms with Crippen LogP contribution in [0.25, 0.3) is 0 Å². The van der Waals surface area contributed by atoms with Gasteiger partial charge in [0.25, 0.3) is 0 Å². The minimum atomic E-state index is 0.521. The van der Waals surface area contributed by atoms with E-state index in [-0.39, 0.29) is 0 Å². The average Bonchev–Trinajstić information content (AvgIpc) is 2.74. The molecule has 0 bridgehead atoms. The maximum absolute atomic E-state index is 10.6. The summed E-state index contributed by atoms with van der Waals surface area (Å²) in [5.74, 6) is 0.571. The van der Waals surface area contributed by atoms with Gasteiger partial charge >= 0.3 is 0 Å². The van der Waals surface area contributed by atoms with Crippen molar-refractivity contribution in [3.63, 3.8) is 0 Å². The fraction of sp³-hybridized carbons (Fsp3) is 0.556. The molecule has 0 atom stereocenters. The summed E-state index contributed by atoms with van der Waals surface area (Å²) in [4.78, 5) is 14.5. The molecular weight excluding hydrogens is 152 g/mol. The molecule has 0 radical (unpaired) electrons. The zero-order valence-corrected chi connectivity index (χ0v) is 6.94. The van der Waals surface area contributed by atoms with E-state index in [1.165, 1.54) is 25.7 Å². The summed E-state index contributed by atoms with van der Waals surface area (Å²) < 4.78 is 2.00. The first-order chi connectivity index (χ1) is 5.92. The van der Waals surface area contributed by atoms with Gasteiger partial charge in [0, 0.05) is 18.4 Å². The van der Waals surface area contributed by atoms with E-state index >= 15 is 0 Å². The maximum Gasteiger partial charge on any atom is 0.185 e. The van der Waals surface area contributed by atoms with Gasteiger partial charge in [-0.15, -0.1) is 0 Å². The Bertz CT molecular complexity index is 274. The van der Waals surface area contributed by atoms with E-state index in [0.29, 0.717) is 11.9 Å². The summed E-state index contributed by atoms with van der Waals surface area (Å²) in [6, 6.07) is 0.521. The van der Waals surface area contributed by atoms with Crippen molar-refractivity contribution in [2.45, 2.75) is 31.7 Å². The zero-order valence-electron chi connectivity index (χ0n) is 6.94. The second-order valence-corrected chi connectivity index (χ2v) is 3.25. The minimum Gasteiger partial charge on any atom is -0.326 e. The molecule has 3 nitrogen and oxygen atoms in total. The largest absolute Gasteiger partial charge is 0.326 e. The maximum atomic E-state index is 10.6. The molecule has 0 amide bonds. The number of rotatable bonds is 2. The van der Waals surface area contributed by atoms with Gasteiger partial charge in [0.15, 0.2) is 12.1 Å². The summed E-state index contributed by atoms with van der Waals surface area (Å²) in [7, 11) is 0. The Balaban J connectivity index is 2.25. The molecule has 1 fully saturated rings. The molecule has 3 heteroatoms. The van der Waals surface area contributed by atoms with Crippen molar-refractivity contribution in [1.82, 2.24) is 9.55 Å². The van der Waals surface area contributed by atoms with Crippen molar-refractivity contribution < 1.29 is 4.79 Å². The first-order valence-electron chi connectivity index (χ1n) is 4.40. The van der Waals surface area contributed by atoms with Crippen LogP contribution in [0, 0.1) is 0 Å². The molecule has 64 valence electrons. The number of nitrogens with zero attached hydrogens (tertiary/aromatic N) is 2. The van der Waals surface area contributed by atoms with Crippen molar-refractivity contribution in [2.75, 3.05) is 0 Å². The van der Waals surface area contributed by atoms with Crippen molar-refractivity contribution in [1.29, 1.82) is 0 Å². The lowest BCUT2D eigenvalue weighted by atomic mass is 10.2.